The van der Waals surface area contributed by atoms with Gasteiger partial charge in [-0.25, -0.2) is 0 Å². The van der Waals surface area contributed by atoms with Crippen molar-refractivity contribution in [3.63, 3.8) is 0 Å². The molecule has 2 rings (SSSR count). The molecule has 2 aromatic rings. The van der Waals surface area contributed by atoms with E-state index in [1.165, 1.54) is 5.19 Å². The summed E-state index contributed by atoms with van der Waals surface area (Å²) in [5.41, 5.74) is 1.92. The summed E-state index contributed by atoms with van der Waals surface area (Å²) in [7, 11) is 2.65. The summed E-state index contributed by atoms with van der Waals surface area (Å²) in [6, 6.07) is 14.0. The molecule has 0 aromatic heterocycles. The van der Waals surface area contributed by atoms with E-state index in [9.17, 15) is 4.79 Å². The number of rotatable bonds is 3. The Balaban J connectivity index is 0.000000507. The van der Waals surface area contributed by atoms with E-state index in [4.69, 9.17) is 0 Å². The maximum atomic E-state index is 10.9. The Morgan fingerprint density at radius 1 is 1.05 bits per heavy atom. The SMILES string of the molecule is CN(C)[c-]1c(C=O)ccc1[Si](C)(C)C.[Fe].[cH-]1[cH-][cH-][cH-][cH-]1. The summed E-state index contributed by atoms with van der Waals surface area (Å²) in [5.74, 6) is 0. The van der Waals surface area contributed by atoms with Gasteiger partial charge in [-0.1, -0.05) is 25.2 Å². The fourth-order valence-corrected chi connectivity index (χ4v) is 3.67. The van der Waals surface area contributed by atoms with E-state index in [0.717, 1.165) is 17.5 Å². The van der Waals surface area contributed by atoms with Crippen molar-refractivity contribution >= 4 is 25.2 Å². The molecule has 0 N–H and O–H groups in total. The maximum absolute atomic E-state index is 10.9. The second-order valence-electron chi connectivity index (χ2n) is 5.78. The molecule has 2 aromatic carbocycles. The van der Waals surface area contributed by atoms with Crippen molar-refractivity contribution in [3.8, 4) is 0 Å². The molecule has 0 aliphatic heterocycles. The summed E-state index contributed by atoms with van der Waals surface area (Å²) in [4.78, 5) is 12.9. The molecule has 0 unspecified atom stereocenters. The number of carbonyl (C=O) groups excluding carboxylic acids is 1. The number of carbonyl (C=O) groups is 1. The van der Waals surface area contributed by atoms with Gasteiger partial charge in [0, 0.05) is 17.1 Å². The number of hydrogen-bond donors (Lipinski definition) is 0. The van der Waals surface area contributed by atoms with Gasteiger partial charge in [0.05, 0.1) is 14.4 Å². The zero-order valence-electron chi connectivity index (χ0n) is 12.8. The van der Waals surface area contributed by atoms with Gasteiger partial charge in [0.2, 0.25) is 0 Å². The van der Waals surface area contributed by atoms with Gasteiger partial charge in [0.25, 0.3) is 0 Å². The molecule has 4 heteroatoms. The third kappa shape index (κ3) is 5.12. The minimum Gasteiger partial charge on any atom is -0.748 e. The summed E-state index contributed by atoms with van der Waals surface area (Å²) in [5, 5.41) is 1.37. The van der Waals surface area contributed by atoms with E-state index in [2.05, 4.69) is 25.7 Å². The smallest absolute Gasteiger partial charge is 0.0669 e. The molecular weight excluding hydrogens is 306 g/mol. The van der Waals surface area contributed by atoms with Crippen LogP contribution in [0.2, 0.25) is 19.6 Å². The second-order valence-corrected chi connectivity index (χ2v) is 10.8. The molecule has 0 saturated carbocycles. The topological polar surface area (TPSA) is 20.3 Å². The molecule has 0 saturated heterocycles. The van der Waals surface area contributed by atoms with E-state index >= 15 is 0 Å². The molecule has 0 amide bonds. The first-order chi connectivity index (χ1) is 8.88. The molecule has 0 atom stereocenters. The fourth-order valence-electron chi connectivity index (χ4n) is 2.01. The Labute approximate surface area is 134 Å². The Hall–Kier alpha value is -1.09. The Kier molecular flexibility index (Phi) is 7.80. The van der Waals surface area contributed by atoms with Crippen molar-refractivity contribution in [2.45, 2.75) is 19.6 Å². The number of nitrogens with zero attached hydrogens (tertiary/aromatic N) is 1. The molecule has 2 nitrogen and oxygen atoms in total. The molecular formula is C16H23FeNOSi-6. The predicted molar refractivity (Wildman–Crippen MR) is 86.8 cm³/mol. The second kappa shape index (κ2) is 8.25. The van der Waals surface area contributed by atoms with Crippen molar-refractivity contribution < 1.29 is 21.9 Å². The summed E-state index contributed by atoms with van der Waals surface area (Å²) >= 11 is 0. The van der Waals surface area contributed by atoms with Gasteiger partial charge in [0.15, 0.2) is 0 Å². The van der Waals surface area contributed by atoms with Crippen molar-refractivity contribution in [3.05, 3.63) is 48.0 Å². The zero-order valence-corrected chi connectivity index (χ0v) is 14.9. The molecule has 20 heavy (non-hydrogen) atoms. The van der Waals surface area contributed by atoms with Crippen LogP contribution in [0.3, 0.4) is 0 Å². The van der Waals surface area contributed by atoms with Crippen LogP contribution in [0.25, 0.3) is 0 Å². The monoisotopic (exact) mass is 329 g/mol. The molecule has 0 spiro atoms. The van der Waals surface area contributed by atoms with Gasteiger partial charge < -0.3 is 40.0 Å². The zero-order chi connectivity index (χ0) is 14.5. The van der Waals surface area contributed by atoms with Gasteiger partial charge in [0.1, 0.15) is 0 Å². The van der Waals surface area contributed by atoms with Crippen LogP contribution < -0.4 is 10.1 Å². The average Bonchev–Trinajstić information content (AvgIpc) is 3.00. The largest absolute Gasteiger partial charge is 0.748 e. The molecule has 116 valence electrons. The van der Waals surface area contributed by atoms with Crippen LogP contribution in [0.15, 0.2) is 42.5 Å². The third-order valence-electron chi connectivity index (χ3n) is 2.90. The molecule has 0 heterocycles. The Morgan fingerprint density at radius 3 is 1.80 bits per heavy atom. The van der Waals surface area contributed by atoms with Crippen LogP contribution in [-0.2, 0) is 17.1 Å². The Bertz CT molecular complexity index is 478. The van der Waals surface area contributed by atoms with Gasteiger partial charge in [-0.15, -0.1) is 5.19 Å². The van der Waals surface area contributed by atoms with Crippen LogP contribution in [-0.4, -0.2) is 28.5 Å². The van der Waals surface area contributed by atoms with Crippen LogP contribution in [0.4, 0.5) is 5.69 Å². The van der Waals surface area contributed by atoms with Gasteiger partial charge in [-0.2, -0.15) is 12.1 Å². The maximum Gasteiger partial charge on any atom is 0.0669 e. The minimum absolute atomic E-state index is 0. The number of hydrogen-bond acceptors (Lipinski definition) is 2. The van der Waals surface area contributed by atoms with E-state index < -0.39 is 8.07 Å². The molecule has 0 radical (unpaired) electrons. The molecule has 0 fully saturated rings. The summed E-state index contributed by atoms with van der Waals surface area (Å²) in [6.07, 6.45) is 0.943. The van der Waals surface area contributed by atoms with Crippen LogP contribution >= 0.6 is 0 Å². The standard InChI is InChI=1S/C11H18NOSi.C5H5.Fe/c1-12(2)11-9(8-13)6-7-10(11)14(3,4)5;1-2-4-5-3-1;/h6-8H,1-5H3;1-5H;/q-1;-5;. The number of aldehydes is 1. The predicted octanol–water partition coefficient (Wildman–Crippen LogP) is 3.23. The molecule has 0 aliphatic rings. The Morgan fingerprint density at radius 2 is 1.50 bits per heavy atom. The third-order valence-corrected chi connectivity index (χ3v) is 4.92. The van der Waals surface area contributed by atoms with Crippen molar-refractivity contribution in [2.24, 2.45) is 0 Å². The van der Waals surface area contributed by atoms with E-state index in [1.54, 1.807) is 0 Å². The van der Waals surface area contributed by atoms with Crippen molar-refractivity contribution in [1.82, 2.24) is 0 Å². The van der Waals surface area contributed by atoms with Gasteiger partial charge in [-0.3, -0.25) is 0 Å². The normalized spacial score (nSPS) is 10.1. The minimum atomic E-state index is -1.34. The first kappa shape index (κ1) is 18.9. The van der Waals surface area contributed by atoms with Crippen molar-refractivity contribution in [1.29, 1.82) is 0 Å². The van der Waals surface area contributed by atoms with Crippen LogP contribution in [0.1, 0.15) is 10.4 Å². The molecule has 0 aliphatic carbocycles. The first-order valence-corrected chi connectivity index (χ1v) is 9.97. The van der Waals surface area contributed by atoms with E-state index in [-0.39, 0.29) is 17.1 Å². The summed E-state index contributed by atoms with van der Waals surface area (Å²) in [6.45, 7) is 6.89. The van der Waals surface area contributed by atoms with Crippen LogP contribution in [0.5, 0.6) is 0 Å². The first-order valence-electron chi connectivity index (χ1n) is 6.47. The van der Waals surface area contributed by atoms with E-state index in [1.807, 2.05) is 55.4 Å². The van der Waals surface area contributed by atoms with Gasteiger partial charge in [-0.05, 0) is 19.8 Å². The fraction of sp³-hybridized carbons (Fsp3) is 0.312. The van der Waals surface area contributed by atoms with Gasteiger partial charge >= 0.3 is 0 Å². The quantitative estimate of drug-likeness (QED) is 0.489. The number of anilines is 1. The molecule has 0 bridgehead atoms. The summed E-state index contributed by atoms with van der Waals surface area (Å²) < 4.78 is 0. The van der Waals surface area contributed by atoms with Crippen LogP contribution in [0, 0.1) is 0 Å². The average molecular weight is 329 g/mol. The van der Waals surface area contributed by atoms with Crippen molar-refractivity contribution in [2.75, 3.05) is 19.0 Å². The van der Waals surface area contributed by atoms with E-state index in [0.29, 0.717) is 0 Å².